The van der Waals surface area contributed by atoms with E-state index in [-0.39, 0.29) is 6.42 Å². The second-order valence-electron chi connectivity index (χ2n) is 3.71. The highest BCUT2D eigenvalue weighted by atomic mass is 32.2. The third-order valence-electron chi connectivity index (χ3n) is 2.26. The molecule has 2 aromatic rings. The Morgan fingerprint density at radius 3 is 1.94 bits per heavy atom. The SMILES string of the molecule is FC(F)(Cc1ccccc1)Sc1ccccc1. The fourth-order valence-corrected chi connectivity index (χ4v) is 2.41. The molecule has 3 heteroatoms. The van der Waals surface area contributed by atoms with Gasteiger partial charge in [0, 0.05) is 11.3 Å². The first kappa shape index (κ1) is 12.1. The number of thioether (sulfide) groups is 1. The normalized spacial score (nSPS) is 11.4. The molecule has 0 aliphatic carbocycles. The van der Waals surface area contributed by atoms with E-state index in [1.807, 2.05) is 12.1 Å². The van der Waals surface area contributed by atoms with Crippen LogP contribution in [-0.4, -0.2) is 5.25 Å². The van der Waals surface area contributed by atoms with Crippen molar-refractivity contribution in [1.29, 1.82) is 0 Å². The van der Waals surface area contributed by atoms with Gasteiger partial charge in [-0.1, -0.05) is 60.3 Å². The molecular formula is C14H12F2S. The Morgan fingerprint density at radius 1 is 0.824 bits per heavy atom. The smallest absolute Gasteiger partial charge is 0.194 e. The van der Waals surface area contributed by atoms with Crippen LogP contribution in [0.15, 0.2) is 65.6 Å². The Hall–Kier alpha value is -1.35. The zero-order chi connectivity index (χ0) is 12.1. The molecule has 88 valence electrons. The van der Waals surface area contributed by atoms with Crippen molar-refractivity contribution in [3.8, 4) is 0 Å². The molecule has 0 N–H and O–H groups in total. The van der Waals surface area contributed by atoms with Gasteiger partial charge in [0.25, 0.3) is 0 Å². The van der Waals surface area contributed by atoms with E-state index >= 15 is 0 Å². The molecule has 2 aromatic carbocycles. The molecule has 0 unspecified atom stereocenters. The highest BCUT2D eigenvalue weighted by Gasteiger charge is 2.30. The van der Waals surface area contributed by atoms with Crippen molar-refractivity contribution in [1.82, 2.24) is 0 Å². The summed E-state index contributed by atoms with van der Waals surface area (Å²) in [6.07, 6.45) is -0.243. The minimum Gasteiger partial charge on any atom is -0.194 e. The number of alkyl halides is 2. The van der Waals surface area contributed by atoms with E-state index < -0.39 is 5.25 Å². The van der Waals surface area contributed by atoms with Gasteiger partial charge in [0.2, 0.25) is 0 Å². The van der Waals surface area contributed by atoms with E-state index in [9.17, 15) is 8.78 Å². The number of hydrogen-bond donors (Lipinski definition) is 0. The fraction of sp³-hybridized carbons (Fsp3) is 0.143. The van der Waals surface area contributed by atoms with Gasteiger partial charge in [0.1, 0.15) is 0 Å². The first-order valence-electron chi connectivity index (χ1n) is 5.31. The molecule has 17 heavy (non-hydrogen) atoms. The van der Waals surface area contributed by atoms with Gasteiger partial charge in [0.15, 0.2) is 0 Å². The molecular weight excluding hydrogens is 238 g/mol. The van der Waals surface area contributed by atoms with Gasteiger partial charge in [-0.25, -0.2) is 0 Å². The van der Waals surface area contributed by atoms with Crippen molar-refractivity contribution in [3.05, 3.63) is 66.2 Å². The number of rotatable bonds is 4. The number of halogens is 2. The van der Waals surface area contributed by atoms with Crippen LogP contribution in [0.2, 0.25) is 0 Å². The molecule has 2 rings (SSSR count). The van der Waals surface area contributed by atoms with Crippen LogP contribution >= 0.6 is 11.8 Å². The zero-order valence-electron chi connectivity index (χ0n) is 9.14. The largest absolute Gasteiger partial charge is 0.302 e. The summed E-state index contributed by atoms with van der Waals surface area (Å²) in [4.78, 5) is 0.591. The third kappa shape index (κ3) is 3.86. The topological polar surface area (TPSA) is 0 Å². The summed E-state index contributed by atoms with van der Waals surface area (Å²) in [6.45, 7) is 0. The molecule has 0 atom stereocenters. The molecule has 0 aromatic heterocycles. The minimum atomic E-state index is -2.78. The maximum absolute atomic E-state index is 13.8. The summed E-state index contributed by atoms with van der Waals surface area (Å²) in [7, 11) is 0. The minimum absolute atomic E-state index is 0.243. The lowest BCUT2D eigenvalue weighted by molar-refractivity contribution is 0.106. The molecule has 0 fully saturated rings. The van der Waals surface area contributed by atoms with Gasteiger partial charge in [-0.05, 0) is 17.7 Å². The lowest BCUT2D eigenvalue weighted by Gasteiger charge is -2.15. The molecule has 0 bridgehead atoms. The van der Waals surface area contributed by atoms with Gasteiger partial charge < -0.3 is 0 Å². The summed E-state index contributed by atoms with van der Waals surface area (Å²) in [5, 5.41) is -2.78. The molecule has 0 aliphatic rings. The van der Waals surface area contributed by atoms with Crippen molar-refractivity contribution in [2.75, 3.05) is 0 Å². The van der Waals surface area contributed by atoms with E-state index in [1.54, 1.807) is 48.5 Å². The van der Waals surface area contributed by atoms with Gasteiger partial charge in [-0.2, -0.15) is 8.78 Å². The molecule has 0 nitrogen and oxygen atoms in total. The Balaban J connectivity index is 2.04. The molecule has 0 heterocycles. The first-order chi connectivity index (χ1) is 8.16. The van der Waals surface area contributed by atoms with Crippen LogP contribution < -0.4 is 0 Å². The van der Waals surface area contributed by atoms with Crippen molar-refractivity contribution >= 4 is 11.8 Å². The lowest BCUT2D eigenvalue weighted by Crippen LogP contribution is -2.14. The molecule has 0 saturated heterocycles. The first-order valence-corrected chi connectivity index (χ1v) is 6.13. The van der Waals surface area contributed by atoms with E-state index in [1.165, 1.54) is 0 Å². The van der Waals surface area contributed by atoms with Crippen molar-refractivity contribution in [2.45, 2.75) is 16.6 Å². The van der Waals surface area contributed by atoms with Crippen molar-refractivity contribution in [2.24, 2.45) is 0 Å². The van der Waals surface area contributed by atoms with E-state index in [2.05, 4.69) is 0 Å². The Labute approximate surface area is 104 Å². The van der Waals surface area contributed by atoms with Crippen LogP contribution in [0, 0.1) is 0 Å². The molecule has 0 spiro atoms. The van der Waals surface area contributed by atoms with E-state index in [0.29, 0.717) is 22.2 Å². The predicted molar refractivity (Wildman–Crippen MR) is 67.4 cm³/mol. The van der Waals surface area contributed by atoms with Gasteiger partial charge >= 0.3 is 5.25 Å². The average Bonchev–Trinajstić information content (AvgIpc) is 2.30. The Morgan fingerprint density at radius 2 is 1.35 bits per heavy atom. The van der Waals surface area contributed by atoms with Crippen molar-refractivity contribution in [3.63, 3.8) is 0 Å². The highest BCUT2D eigenvalue weighted by Crippen LogP contribution is 2.38. The summed E-state index contributed by atoms with van der Waals surface area (Å²) in [6, 6.07) is 17.6. The average molecular weight is 250 g/mol. The number of benzene rings is 2. The third-order valence-corrected chi connectivity index (χ3v) is 3.21. The van der Waals surface area contributed by atoms with Crippen LogP contribution in [0.4, 0.5) is 8.78 Å². The summed E-state index contributed by atoms with van der Waals surface area (Å²) in [5.41, 5.74) is 0.654. The van der Waals surface area contributed by atoms with Gasteiger partial charge in [-0.3, -0.25) is 0 Å². The Kier molecular flexibility index (Phi) is 3.79. The van der Waals surface area contributed by atoms with Crippen LogP contribution in [0.1, 0.15) is 5.56 Å². The van der Waals surface area contributed by atoms with Gasteiger partial charge in [-0.15, -0.1) is 0 Å². The number of hydrogen-bond acceptors (Lipinski definition) is 1. The molecule has 0 amide bonds. The van der Waals surface area contributed by atoms with Gasteiger partial charge in [0.05, 0.1) is 0 Å². The second-order valence-corrected chi connectivity index (χ2v) is 4.99. The van der Waals surface area contributed by atoms with Crippen LogP contribution in [-0.2, 0) is 6.42 Å². The molecule has 0 saturated carbocycles. The monoisotopic (exact) mass is 250 g/mol. The van der Waals surface area contributed by atoms with E-state index in [4.69, 9.17) is 0 Å². The molecule has 0 aliphatic heterocycles. The standard InChI is InChI=1S/C14H12F2S/c15-14(16,11-12-7-3-1-4-8-12)17-13-9-5-2-6-10-13/h1-10H,11H2. The molecule has 0 radical (unpaired) electrons. The maximum atomic E-state index is 13.8. The quantitative estimate of drug-likeness (QED) is 0.714. The zero-order valence-corrected chi connectivity index (χ0v) is 9.96. The maximum Gasteiger partial charge on any atom is 0.302 e. The van der Waals surface area contributed by atoms with E-state index in [0.717, 1.165) is 0 Å². The predicted octanol–water partition coefficient (Wildman–Crippen LogP) is 4.61. The Bertz CT molecular complexity index is 411. The highest BCUT2D eigenvalue weighted by molar-refractivity contribution is 8.00. The summed E-state index contributed by atoms with van der Waals surface area (Å²) in [5.74, 6) is 0. The summed E-state index contributed by atoms with van der Waals surface area (Å²) >= 11 is 0.607. The fourth-order valence-electron chi connectivity index (χ4n) is 1.53. The van der Waals surface area contributed by atoms with Crippen molar-refractivity contribution < 1.29 is 8.78 Å². The lowest BCUT2D eigenvalue weighted by atomic mass is 10.2. The second kappa shape index (κ2) is 5.32. The summed E-state index contributed by atoms with van der Waals surface area (Å²) < 4.78 is 27.5. The van der Waals surface area contributed by atoms with Crippen LogP contribution in [0.5, 0.6) is 0 Å². The van der Waals surface area contributed by atoms with Crippen LogP contribution in [0.3, 0.4) is 0 Å². The van der Waals surface area contributed by atoms with Crippen LogP contribution in [0.25, 0.3) is 0 Å².